The highest BCUT2D eigenvalue weighted by Gasteiger charge is 2.73. The van der Waals surface area contributed by atoms with E-state index in [1.54, 1.807) is 0 Å². The van der Waals surface area contributed by atoms with E-state index in [9.17, 15) is 31.1 Å². The second-order valence-electron chi connectivity index (χ2n) is 3.17. The van der Waals surface area contributed by atoms with Crippen LogP contribution in [0.4, 0.5) is 26.3 Å². The van der Waals surface area contributed by atoms with E-state index in [0.717, 1.165) is 5.38 Å². The number of hydrogen-bond acceptors (Lipinski definition) is 3. The Balaban J connectivity index is 3.56. The van der Waals surface area contributed by atoms with Gasteiger partial charge < -0.3 is 10.2 Å². The van der Waals surface area contributed by atoms with E-state index in [0.29, 0.717) is 6.07 Å². The molecule has 3 nitrogen and oxygen atoms in total. The van der Waals surface area contributed by atoms with Crippen LogP contribution in [-0.4, -0.2) is 28.5 Å². The standard InChI is InChI=1S/C8H4F6O3S/c9-7(10,11)6(17,8(12,13)14)4-3(5(15)16)1-2-18-4/h1-2,17H,(H,15,16). The maximum Gasteiger partial charge on any atom is 0.431 e. The van der Waals surface area contributed by atoms with Gasteiger partial charge in [-0.2, -0.15) is 26.3 Å². The van der Waals surface area contributed by atoms with Crippen LogP contribution in [0.25, 0.3) is 0 Å². The Bertz CT molecular complexity index is 446. The van der Waals surface area contributed by atoms with Gasteiger partial charge in [-0.3, -0.25) is 0 Å². The van der Waals surface area contributed by atoms with Gasteiger partial charge in [-0.05, 0) is 11.4 Å². The molecule has 0 aliphatic carbocycles. The van der Waals surface area contributed by atoms with Crippen LogP contribution < -0.4 is 0 Å². The van der Waals surface area contributed by atoms with E-state index >= 15 is 0 Å². The summed E-state index contributed by atoms with van der Waals surface area (Å²) in [5.74, 6) is -1.99. The Labute approximate surface area is 99.3 Å². The van der Waals surface area contributed by atoms with Crippen molar-refractivity contribution in [3.8, 4) is 0 Å². The summed E-state index contributed by atoms with van der Waals surface area (Å²) in [7, 11) is 0. The van der Waals surface area contributed by atoms with Crippen molar-refractivity contribution in [2.45, 2.75) is 18.0 Å². The van der Waals surface area contributed by atoms with Gasteiger partial charge >= 0.3 is 18.3 Å². The Kier molecular flexibility index (Phi) is 3.38. The highest BCUT2D eigenvalue weighted by Crippen LogP contribution is 2.52. The molecule has 1 rings (SSSR count). The number of hydrogen-bond donors (Lipinski definition) is 2. The van der Waals surface area contributed by atoms with E-state index in [1.165, 1.54) is 0 Å². The predicted molar refractivity (Wildman–Crippen MR) is 47.3 cm³/mol. The molecule has 0 saturated heterocycles. The van der Waals surface area contributed by atoms with Gasteiger partial charge in [0.15, 0.2) is 0 Å². The molecule has 102 valence electrons. The molecule has 0 aliphatic rings. The fourth-order valence-electron chi connectivity index (χ4n) is 1.18. The van der Waals surface area contributed by atoms with Crippen molar-refractivity contribution in [2.24, 2.45) is 0 Å². The fourth-order valence-corrected chi connectivity index (χ4v) is 2.20. The first-order chi connectivity index (χ1) is 7.93. The van der Waals surface area contributed by atoms with Gasteiger partial charge in [-0.15, -0.1) is 11.3 Å². The van der Waals surface area contributed by atoms with Gasteiger partial charge in [-0.25, -0.2) is 4.79 Å². The van der Waals surface area contributed by atoms with Crippen molar-refractivity contribution in [2.75, 3.05) is 0 Å². The van der Waals surface area contributed by atoms with Crippen LogP contribution in [0.1, 0.15) is 15.2 Å². The fraction of sp³-hybridized carbons (Fsp3) is 0.375. The van der Waals surface area contributed by atoms with Gasteiger partial charge in [0.1, 0.15) is 0 Å². The molecule has 0 spiro atoms. The lowest BCUT2D eigenvalue weighted by Gasteiger charge is -2.31. The number of carbonyl (C=O) groups is 1. The maximum atomic E-state index is 12.5. The Morgan fingerprint density at radius 2 is 1.56 bits per heavy atom. The monoisotopic (exact) mass is 294 g/mol. The number of halogens is 6. The Morgan fingerprint density at radius 1 is 1.11 bits per heavy atom. The highest BCUT2D eigenvalue weighted by molar-refractivity contribution is 7.10. The zero-order chi connectivity index (χ0) is 14.4. The molecule has 10 heteroatoms. The molecule has 0 amide bonds. The van der Waals surface area contributed by atoms with Gasteiger partial charge in [0.2, 0.25) is 0 Å². The quantitative estimate of drug-likeness (QED) is 0.825. The first-order valence-corrected chi connectivity index (χ1v) is 4.98. The number of alkyl halides is 6. The third kappa shape index (κ3) is 2.05. The average molecular weight is 294 g/mol. The minimum absolute atomic E-state index is 0.132. The third-order valence-corrected chi connectivity index (χ3v) is 3.07. The highest BCUT2D eigenvalue weighted by atomic mass is 32.1. The lowest BCUT2D eigenvalue weighted by atomic mass is 9.97. The van der Waals surface area contributed by atoms with Crippen molar-refractivity contribution >= 4 is 17.3 Å². The number of aromatic carboxylic acids is 1. The van der Waals surface area contributed by atoms with Crippen LogP contribution >= 0.6 is 11.3 Å². The molecule has 0 radical (unpaired) electrons. The summed E-state index contributed by atoms with van der Waals surface area (Å²) in [6.45, 7) is 0. The van der Waals surface area contributed by atoms with E-state index in [4.69, 9.17) is 10.2 Å². The minimum atomic E-state index is -6.08. The molecule has 0 fully saturated rings. The van der Waals surface area contributed by atoms with Crippen LogP contribution in [0.2, 0.25) is 0 Å². The van der Waals surface area contributed by atoms with E-state index in [2.05, 4.69) is 0 Å². The van der Waals surface area contributed by atoms with Crippen molar-refractivity contribution in [3.05, 3.63) is 21.9 Å². The average Bonchev–Trinajstić information content (AvgIpc) is 2.60. The van der Waals surface area contributed by atoms with Gasteiger partial charge in [0.25, 0.3) is 5.60 Å². The molecule has 0 atom stereocenters. The molecule has 0 unspecified atom stereocenters. The first kappa shape index (κ1) is 14.8. The van der Waals surface area contributed by atoms with E-state index in [-0.39, 0.29) is 11.3 Å². The SMILES string of the molecule is O=C(O)c1ccsc1C(O)(C(F)(F)F)C(F)(F)F. The van der Waals surface area contributed by atoms with Gasteiger partial charge in [0, 0.05) is 0 Å². The molecule has 1 aromatic heterocycles. The summed E-state index contributed by atoms with van der Waals surface area (Å²) in [4.78, 5) is 8.83. The summed E-state index contributed by atoms with van der Waals surface area (Å²) < 4.78 is 74.7. The molecular formula is C8H4F6O3S. The summed E-state index contributed by atoms with van der Waals surface area (Å²) in [6, 6.07) is 0.560. The predicted octanol–water partition coefficient (Wildman–Crippen LogP) is 2.76. The molecule has 18 heavy (non-hydrogen) atoms. The Hall–Kier alpha value is -1.29. The minimum Gasteiger partial charge on any atom is -0.478 e. The number of aliphatic hydroxyl groups is 1. The zero-order valence-electron chi connectivity index (χ0n) is 8.13. The van der Waals surface area contributed by atoms with Crippen molar-refractivity contribution in [3.63, 3.8) is 0 Å². The molecule has 0 aromatic carbocycles. The summed E-state index contributed by atoms with van der Waals surface area (Å²) in [5.41, 5.74) is -6.43. The summed E-state index contributed by atoms with van der Waals surface area (Å²) in [6.07, 6.45) is -12.2. The lowest BCUT2D eigenvalue weighted by molar-refractivity contribution is -0.375. The second-order valence-corrected chi connectivity index (χ2v) is 4.09. The maximum absolute atomic E-state index is 12.5. The van der Waals surface area contributed by atoms with Crippen LogP contribution in [0, 0.1) is 0 Å². The molecule has 0 bridgehead atoms. The number of carboxylic acids is 1. The second kappa shape index (κ2) is 4.12. The van der Waals surface area contributed by atoms with Crippen molar-refractivity contribution < 1.29 is 41.4 Å². The first-order valence-electron chi connectivity index (χ1n) is 4.10. The number of carboxylic acid groups (broad SMARTS) is 1. The smallest absolute Gasteiger partial charge is 0.431 e. The molecule has 0 aliphatic heterocycles. The largest absolute Gasteiger partial charge is 0.478 e. The zero-order valence-corrected chi connectivity index (χ0v) is 8.95. The van der Waals surface area contributed by atoms with Gasteiger partial charge in [0.05, 0.1) is 10.4 Å². The van der Waals surface area contributed by atoms with Crippen molar-refractivity contribution in [1.29, 1.82) is 0 Å². The van der Waals surface area contributed by atoms with Gasteiger partial charge in [-0.1, -0.05) is 0 Å². The van der Waals surface area contributed by atoms with Crippen LogP contribution in [0.5, 0.6) is 0 Å². The molecular weight excluding hydrogens is 290 g/mol. The molecule has 1 aromatic rings. The molecule has 0 saturated carbocycles. The Morgan fingerprint density at radius 3 is 1.89 bits per heavy atom. The van der Waals surface area contributed by atoms with E-state index < -0.39 is 34.4 Å². The third-order valence-electron chi connectivity index (χ3n) is 2.04. The molecule has 2 N–H and O–H groups in total. The molecule has 1 heterocycles. The number of thiophene rings is 1. The lowest BCUT2D eigenvalue weighted by Crippen LogP contribution is -2.54. The normalized spacial score (nSPS) is 13.7. The van der Waals surface area contributed by atoms with Crippen LogP contribution in [-0.2, 0) is 5.60 Å². The van der Waals surface area contributed by atoms with Crippen molar-refractivity contribution in [1.82, 2.24) is 0 Å². The van der Waals surface area contributed by atoms with Crippen LogP contribution in [0.15, 0.2) is 11.4 Å². The summed E-state index contributed by atoms with van der Waals surface area (Å²) in [5, 5.41) is 18.2. The topological polar surface area (TPSA) is 57.5 Å². The number of rotatable bonds is 2. The summed E-state index contributed by atoms with van der Waals surface area (Å²) >= 11 is -0.132. The van der Waals surface area contributed by atoms with E-state index in [1.807, 2.05) is 0 Å². The van der Waals surface area contributed by atoms with Crippen LogP contribution in [0.3, 0.4) is 0 Å².